The summed E-state index contributed by atoms with van der Waals surface area (Å²) in [5.41, 5.74) is 4.11. The zero-order valence-corrected chi connectivity index (χ0v) is 25.2. The van der Waals surface area contributed by atoms with Crippen LogP contribution in [-0.2, 0) is 26.2 Å². The van der Waals surface area contributed by atoms with Gasteiger partial charge in [0.15, 0.2) is 0 Å². The number of sulfonamides is 1. The summed E-state index contributed by atoms with van der Waals surface area (Å²) < 4.78 is 29.1. The molecular weight excluding hydrogens is 522 g/mol. The minimum atomic E-state index is -4.09. The lowest BCUT2D eigenvalue weighted by Gasteiger charge is -2.33. The molecule has 0 aliphatic heterocycles. The van der Waals surface area contributed by atoms with Crippen molar-refractivity contribution in [3.8, 4) is 0 Å². The summed E-state index contributed by atoms with van der Waals surface area (Å²) in [7, 11) is -4.09. The lowest BCUT2D eigenvalue weighted by molar-refractivity contribution is -0.140. The number of nitrogens with zero attached hydrogens (tertiary/aromatic N) is 2. The fourth-order valence-corrected chi connectivity index (χ4v) is 5.78. The van der Waals surface area contributed by atoms with Crippen LogP contribution in [0.1, 0.15) is 49.4 Å². The smallest absolute Gasteiger partial charge is 0.264 e. The standard InChI is InChI=1S/C32H41N3O4S/c1-7-30(32(37)33-20-23(2)3)34(21-27-11-9-8-10-12-27)31(36)22-35(28-16-15-25(5)26(6)19-28)40(38,39)29-17-13-24(4)14-18-29/h8-19,23,30H,7,20-22H2,1-6H3,(H,33,37)/t30-/m0/s1. The molecule has 0 heterocycles. The van der Waals surface area contributed by atoms with Gasteiger partial charge in [0.2, 0.25) is 11.8 Å². The van der Waals surface area contributed by atoms with Gasteiger partial charge in [-0.3, -0.25) is 13.9 Å². The van der Waals surface area contributed by atoms with Crippen molar-refractivity contribution in [2.24, 2.45) is 5.92 Å². The Morgan fingerprint density at radius 1 is 0.875 bits per heavy atom. The van der Waals surface area contributed by atoms with Gasteiger partial charge in [-0.25, -0.2) is 8.42 Å². The van der Waals surface area contributed by atoms with Crippen molar-refractivity contribution in [1.29, 1.82) is 0 Å². The number of amides is 2. The molecule has 1 atom stereocenters. The fourth-order valence-electron chi connectivity index (χ4n) is 4.37. The molecule has 2 amide bonds. The molecule has 0 aliphatic carbocycles. The van der Waals surface area contributed by atoms with E-state index in [1.165, 1.54) is 4.90 Å². The summed E-state index contributed by atoms with van der Waals surface area (Å²) >= 11 is 0. The second kappa shape index (κ2) is 13.6. The third-order valence-electron chi connectivity index (χ3n) is 6.93. The highest BCUT2D eigenvalue weighted by Gasteiger charge is 2.33. The highest BCUT2D eigenvalue weighted by Crippen LogP contribution is 2.27. The van der Waals surface area contributed by atoms with Gasteiger partial charge in [0, 0.05) is 13.1 Å². The van der Waals surface area contributed by atoms with Crippen LogP contribution in [0.2, 0.25) is 0 Å². The van der Waals surface area contributed by atoms with Crippen LogP contribution in [0.5, 0.6) is 0 Å². The number of carbonyl (C=O) groups excluding carboxylic acids is 2. The Kier molecular flexibility index (Phi) is 10.5. The fraction of sp³-hybridized carbons (Fsp3) is 0.375. The van der Waals surface area contributed by atoms with E-state index in [1.54, 1.807) is 36.4 Å². The summed E-state index contributed by atoms with van der Waals surface area (Å²) in [5, 5.41) is 2.95. The molecule has 3 aromatic rings. The van der Waals surface area contributed by atoms with Gasteiger partial charge in [0.05, 0.1) is 10.6 Å². The molecule has 0 radical (unpaired) electrons. The number of hydrogen-bond donors (Lipinski definition) is 1. The van der Waals surface area contributed by atoms with Crippen molar-refractivity contribution >= 4 is 27.5 Å². The Morgan fingerprint density at radius 2 is 1.52 bits per heavy atom. The van der Waals surface area contributed by atoms with E-state index < -0.39 is 28.5 Å². The zero-order valence-electron chi connectivity index (χ0n) is 24.3. The first-order valence-corrected chi connectivity index (χ1v) is 15.2. The maximum Gasteiger partial charge on any atom is 0.264 e. The Balaban J connectivity index is 2.05. The second-order valence-electron chi connectivity index (χ2n) is 10.7. The van der Waals surface area contributed by atoms with Gasteiger partial charge in [-0.05, 0) is 74.1 Å². The average molecular weight is 564 g/mol. The van der Waals surface area contributed by atoms with E-state index in [2.05, 4.69) is 5.32 Å². The van der Waals surface area contributed by atoms with Crippen molar-refractivity contribution in [3.05, 3.63) is 95.1 Å². The van der Waals surface area contributed by atoms with Crippen LogP contribution in [0.15, 0.2) is 77.7 Å². The summed E-state index contributed by atoms with van der Waals surface area (Å²) in [6.45, 7) is 11.8. The minimum absolute atomic E-state index is 0.0976. The number of anilines is 1. The largest absolute Gasteiger partial charge is 0.354 e. The highest BCUT2D eigenvalue weighted by molar-refractivity contribution is 7.92. The quantitative estimate of drug-likeness (QED) is 0.320. The molecule has 0 unspecified atom stereocenters. The lowest BCUT2D eigenvalue weighted by Crippen LogP contribution is -2.52. The number of hydrogen-bond acceptors (Lipinski definition) is 4. The van der Waals surface area contributed by atoms with Gasteiger partial charge < -0.3 is 10.2 Å². The molecule has 214 valence electrons. The molecule has 1 N–H and O–H groups in total. The van der Waals surface area contributed by atoms with Crippen LogP contribution in [0.3, 0.4) is 0 Å². The molecular formula is C32H41N3O4S. The van der Waals surface area contributed by atoms with Gasteiger partial charge in [-0.2, -0.15) is 0 Å². The van der Waals surface area contributed by atoms with E-state index >= 15 is 0 Å². The van der Waals surface area contributed by atoms with Crippen molar-refractivity contribution in [2.75, 3.05) is 17.4 Å². The number of benzene rings is 3. The Bertz CT molecular complexity index is 1400. The Morgan fingerprint density at radius 3 is 2.10 bits per heavy atom. The zero-order chi connectivity index (χ0) is 29.4. The first-order chi connectivity index (χ1) is 18.9. The molecule has 8 heteroatoms. The topological polar surface area (TPSA) is 86.8 Å². The molecule has 0 fully saturated rings. The van der Waals surface area contributed by atoms with Crippen LogP contribution in [-0.4, -0.2) is 44.3 Å². The normalized spacial score (nSPS) is 12.2. The SMILES string of the molecule is CC[C@@H](C(=O)NCC(C)C)N(Cc1ccccc1)C(=O)CN(c1ccc(C)c(C)c1)S(=O)(=O)c1ccc(C)cc1. The van der Waals surface area contributed by atoms with Gasteiger partial charge >= 0.3 is 0 Å². The average Bonchev–Trinajstić information content (AvgIpc) is 2.92. The maximum atomic E-state index is 14.1. The van der Waals surface area contributed by atoms with E-state index in [4.69, 9.17) is 0 Å². The third-order valence-corrected chi connectivity index (χ3v) is 8.72. The number of rotatable bonds is 12. The van der Waals surface area contributed by atoms with Crippen LogP contribution >= 0.6 is 0 Å². The first-order valence-electron chi connectivity index (χ1n) is 13.7. The summed E-state index contributed by atoms with van der Waals surface area (Å²) in [5.74, 6) is -0.455. The first kappa shape index (κ1) is 30.9. The predicted molar refractivity (Wildman–Crippen MR) is 161 cm³/mol. The third kappa shape index (κ3) is 7.72. The molecule has 3 rings (SSSR count). The van der Waals surface area contributed by atoms with Crippen LogP contribution in [0.4, 0.5) is 5.69 Å². The molecule has 0 aromatic heterocycles. The van der Waals surface area contributed by atoms with Crippen molar-refractivity contribution in [2.45, 2.75) is 65.4 Å². The maximum absolute atomic E-state index is 14.1. The number of nitrogens with one attached hydrogen (secondary N) is 1. The second-order valence-corrected chi connectivity index (χ2v) is 12.5. The number of carbonyl (C=O) groups is 2. The van der Waals surface area contributed by atoms with Crippen LogP contribution in [0.25, 0.3) is 0 Å². The summed E-state index contributed by atoms with van der Waals surface area (Å²) in [6, 6.07) is 20.6. The molecule has 0 saturated heterocycles. The van der Waals surface area contributed by atoms with Gasteiger partial charge in [0.1, 0.15) is 12.6 Å². The Hall–Kier alpha value is -3.65. The molecule has 0 spiro atoms. The predicted octanol–water partition coefficient (Wildman–Crippen LogP) is 5.39. The van der Waals surface area contributed by atoms with Crippen molar-refractivity contribution < 1.29 is 18.0 Å². The number of aryl methyl sites for hydroxylation is 3. The van der Waals surface area contributed by atoms with Gasteiger partial charge in [0.25, 0.3) is 10.0 Å². The van der Waals surface area contributed by atoms with Crippen molar-refractivity contribution in [3.63, 3.8) is 0 Å². The van der Waals surface area contributed by atoms with Gasteiger partial charge in [-0.15, -0.1) is 0 Å². The lowest BCUT2D eigenvalue weighted by atomic mass is 10.1. The summed E-state index contributed by atoms with van der Waals surface area (Å²) in [4.78, 5) is 29.0. The molecule has 7 nitrogen and oxygen atoms in total. The monoisotopic (exact) mass is 563 g/mol. The van der Waals surface area contributed by atoms with E-state index in [9.17, 15) is 18.0 Å². The molecule has 40 heavy (non-hydrogen) atoms. The van der Waals surface area contributed by atoms with Crippen molar-refractivity contribution in [1.82, 2.24) is 10.2 Å². The minimum Gasteiger partial charge on any atom is -0.354 e. The van der Waals surface area contributed by atoms with Crippen LogP contribution < -0.4 is 9.62 Å². The molecule has 0 aliphatic rings. The molecule has 0 saturated carbocycles. The summed E-state index contributed by atoms with van der Waals surface area (Å²) in [6.07, 6.45) is 0.386. The Labute approximate surface area is 239 Å². The highest BCUT2D eigenvalue weighted by atomic mass is 32.2. The van der Waals surface area contributed by atoms with E-state index in [0.29, 0.717) is 18.7 Å². The van der Waals surface area contributed by atoms with E-state index in [1.807, 2.05) is 77.9 Å². The van der Waals surface area contributed by atoms with Crippen LogP contribution in [0, 0.1) is 26.7 Å². The van der Waals surface area contributed by atoms with Gasteiger partial charge in [-0.1, -0.05) is 74.9 Å². The van der Waals surface area contributed by atoms with E-state index in [0.717, 1.165) is 26.6 Å². The van der Waals surface area contributed by atoms with E-state index in [-0.39, 0.29) is 23.3 Å². The molecule has 0 bridgehead atoms. The molecule has 3 aromatic carbocycles.